The fourth-order valence-electron chi connectivity index (χ4n) is 2.18. The highest BCUT2D eigenvalue weighted by Gasteiger charge is 2.17. The van der Waals surface area contributed by atoms with Crippen LogP contribution in [-0.2, 0) is 6.42 Å². The summed E-state index contributed by atoms with van der Waals surface area (Å²) in [6.45, 7) is 0.764. The Balaban J connectivity index is 1.82. The third kappa shape index (κ3) is 2.10. The van der Waals surface area contributed by atoms with E-state index in [0.717, 1.165) is 25.0 Å². The van der Waals surface area contributed by atoms with Gasteiger partial charge in [0.2, 0.25) is 0 Å². The number of fused-ring (bicyclic) bond motifs is 1. The quantitative estimate of drug-likeness (QED) is 0.873. The number of H-pyrrole nitrogens is 1. The van der Waals surface area contributed by atoms with Crippen molar-refractivity contribution in [2.75, 3.05) is 6.54 Å². The van der Waals surface area contributed by atoms with Crippen molar-refractivity contribution in [3.63, 3.8) is 0 Å². The first-order chi connectivity index (χ1) is 8.36. The molecule has 2 aromatic heterocycles. The van der Waals surface area contributed by atoms with Crippen LogP contribution in [0.3, 0.4) is 0 Å². The van der Waals surface area contributed by atoms with Crippen molar-refractivity contribution in [1.29, 1.82) is 0 Å². The zero-order valence-corrected chi connectivity index (χ0v) is 10.3. The number of rotatable bonds is 3. The number of hydrogen-bond donors (Lipinski definition) is 2. The van der Waals surface area contributed by atoms with E-state index in [-0.39, 0.29) is 0 Å². The first-order valence-corrected chi connectivity index (χ1v) is 6.71. The number of aromatic nitrogens is 2. The van der Waals surface area contributed by atoms with Gasteiger partial charge in [-0.1, -0.05) is 6.08 Å². The van der Waals surface area contributed by atoms with Gasteiger partial charge in [0.1, 0.15) is 5.65 Å². The lowest BCUT2D eigenvalue weighted by atomic mass is 10.1. The van der Waals surface area contributed by atoms with Crippen LogP contribution in [0.15, 0.2) is 35.5 Å². The molecule has 3 nitrogen and oxygen atoms in total. The standard InChI is InChI=1S/C13H15N3S/c14-7-11-4-3-10(17-11)6-9-8-16-13-12(9)2-1-5-15-13/h1-3,5,8,11H,4,6-7,14H2,(H,15,16). The van der Waals surface area contributed by atoms with Gasteiger partial charge < -0.3 is 10.7 Å². The third-order valence-corrected chi connectivity index (χ3v) is 4.42. The molecule has 3 N–H and O–H groups in total. The summed E-state index contributed by atoms with van der Waals surface area (Å²) in [6.07, 6.45) is 8.30. The van der Waals surface area contributed by atoms with Gasteiger partial charge in [-0.05, 0) is 29.0 Å². The van der Waals surface area contributed by atoms with E-state index in [0.29, 0.717) is 5.25 Å². The Labute approximate surface area is 104 Å². The van der Waals surface area contributed by atoms with E-state index >= 15 is 0 Å². The molecule has 0 radical (unpaired) electrons. The maximum absolute atomic E-state index is 5.69. The second-order valence-corrected chi connectivity index (χ2v) is 5.70. The fourth-order valence-corrected chi connectivity index (χ4v) is 3.33. The fraction of sp³-hybridized carbons (Fsp3) is 0.308. The van der Waals surface area contributed by atoms with Crippen LogP contribution in [0.1, 0.15) is 12.0 Å². The predicted octanol–water partition coefficient (Wildman–Crippen LogP) is 2.45. The van der Waals surface area contributed by atoms with Crippen molar-refractivity contribution in [1.82, 2.24) is 9.97 Å². The third-order valence-electron chi connectivity index (χ3n) is 3.09. The highest BCUT2D eigenvalue weighted by Crippen LogP contribution is 2.34. The zero-order valence-electron chi connectivity index (χ0n) is 9.52. The zero-order chi connectivity index (χ0) is 11.7. The van der Waals surface area contributed by atoms with E-state index in [1.54, 1.807) is 0 Å². The first kappa shape index (κ1) is 10.9. The Morgan fingerprint density at radius 2 is 2.47 bits per heavy atom. The Kier molecular flexibility index (Phi) is 2.91. The molecule has 88 valence electrons. The summed E-state index contributed by atoms with van der Waals surface area (Å²) in [5.41, 5.74) is 7.99. The highest BCUT2D eigenvalue weighted by atomic mass is 32.2. The van der Waals surface area contributed by atoms with E-state index in [2.05, 4.69) is 28.3 Å². The Bertz CT molecular complexity index is 559. The summed E-state index contributed by atoms with van der Waals surface area (Å²) in [4.78, 5) is 8.96. The first-order valence-electron chi connectivity index (χ1n) is 5.83. The van der Waals surface area contributed by atoms with E-state index < -0.39 is 0 Å². The van der Waals surface area contributed by atoms with Crippen LogP contribution in [0.25, 0.3) is 11.0 Å². The molecule has 0 fully saturated rings. The van der Waals surface area contributed by atoms with Gasteiger partial charge in [-0.2, -0.15) is 0 Å². The average molecular weight is 245 g/mol. The largest absolute Gasteiger partial charge is 0.346 e. The molecule has 4 heteroatoms. The second-order valence-electron chi connectivity index (χ2n) is 4.27. The summed E-state index contributed by atoms with van der Waals surface area (Å²) >= 11 is 1.92. The number of nitrogens with zero attached hydrogens (tertiary/aromatic N) is 1. The number of nitrogens with one attached hydrogen (secondary N) is 1. The van der Waals surface area contributed by atoms with Crippen LogP contribution < -0.4 is 5.73 Å². The number of allylic oxidation sites excluding steroid dienone is 2. The summed E-state index contributed by atoms with van der Waals surface area (Å²) in [7, 11) is 0. The molecule has 1 unspecified atom stereocenters. The van der Waals surface area contributed by atoms with Gasteiger partial charge >= 0.3 is 0 Å². The topological polar surface area (TPSA) is 54.7 Å². The van der Waals surface area contributed by atoms with Gasteiger partial charge in [-0.25, -0.2) is 4.98 Å². The van der Waals surface area contributed by atoms with Crippen molar-refractivity contribution in [3.05, 3.63) is 41.1 Å². The molecule has 1 aliphatic rings. The minimum absolute atomic E-state index is 0.577. The monoisotopic (exact) mass is 245 g/mol. The van der Waals surface area contributed by atoms with Crippen LogP contribution in [0, 0.1) is 0 Å². The van der Waals surface area contributed by atoms with Gasteiger partial charge in [-0.3, -0.25) is 0 Å². The molecule has 0 aromatic carbocycles. The lowest BCUT2D eigenvalue weighted by Crippen LogP contribution is -2.13. The minimum Gasteiger partial charge on any atom is -0.346 e. The van der Waals surface area contributed by atoms with Crippen molar-refractivity contribution < 1.29 is 0 Å². The molecule has 0 saturated heterocycles. The molecular formula is C13H15N3S. The molecule has 3 heterocycles. The van der Waals surface area contributed by atoms with Crippen LogP contribution in [0.5, 0.6) is 0 Å². The number of pyridine rings is 1. The van der Waals surface area contributed by atoms with Gasteiger partial charge in [0.15, 0.2) is 0 Å². The number of thioether (sulfide) groups is 1. The molecule has 0 saturated carbocycles. The van der Waals surface area contributed by atoms with Crippen LogP contribution in [-0.4, -0.2) is 21.8 Å². The molecule has 17 heavy (non-hydrogen) atoms. The number of hydrogen-bond acceptors (Lipinski definition) is 3. The van der Waals surface area contributed by atoms with Crippen molar-refractivity contribution >= 4 is 22.8 Å². The molecule has 2 aromatic rings. The van der Waals surface area contributed by atoms with E-state index in [9.17, 15) is 0 Å². The summed E-state index contributed by atoms with van der Waals surface area (Å²) in [6, 6.07) is 4.10. The second kappa shape index (κ2) is 4.55. The van der Waals surface area contributed by atoms with Gasteiger partial charge in [-0.15, -0.1) is 11.8 Å². The lowest BCUT2D eigenvalue weighted by Gasteiger charge is -2.05. The van der Waals surface area contributed by atoms with E-state index in [1.165, 1.54) is 15.9 Å². The Morgan fingerprint density at radius 3 is 3.29 bits per heavy atom. The summed E-state index contributed by atoms with van der Waals surface area (Å²) in [5.74, 6) is 0. The molecule has 3 rings (SSSR count). The van der Waals surface area contributed by atoms with Gasteiger partial charge in [0.25, 0.3) is 0 Å². The van der Waals surface area contributed by atoms with Crippen molar-refractivity contribution in [2.24, 2.45) is 5.73 Å². The minimum atomic E-state index is 0.577. The van der Waals surface area contributed by atoms with Crippen LogP contribution in [0.2, 0.25) is 0 Å². The Morgan fingerprint density at radius 1 is 1.53 bits per heavy atom. The molecule has 1 atom stereocenters. The average Bonchev–Trinajstić information content (AvgIpc) is 2.97. The molecular weight excluding hydrogens is 230 g/mol. The lowest BCUT2D eigenvalue weighted by molar-refractivity contribution is 0.889. The van der Waals surface area contributed by atoms with E-state index in [4.69, 9.17) is 5.73 Å². The smallest absolute Gasteiger partial charge is 0.137 e. The summed E-state index contributed by atoms with van der Waals surface area (Å²) in [5, 5.41) is 1.80. The van der Waals surface area contributed by atoms with Gasteiger partial charge in [0, 0.05) is 36.0 Å². The molecule has 0 aliphatic carbocycles. The number of nitrogens with two attached hydrogens (primary N) is 1. The molecule has 0 spiro atoms. The van der Waals surface area contributed by atoms with E-state index in [1.807, 2.05) is 24.0 Å². The maximum atomic E-state index is 5.69. The SMILES string of the molecule is NCC1CC=C(Cc2c[nH]c3ncccc23)S1. The van der Waals surface area contributed by atoms with Crippen molar-refractivity contribution in [3.8, 4) is 0 Å². The highest BCUT2D eigenvalue weighted by molar-refractivity contribution is 8.03. The maximum Gasteiger partial charge on any atom is 0.137 e. The molecule has 0 bridgehead atoms. The molecule has 0 amide bonds. The number of aromatic amines is 1. The summed E-state index contributed by atoms with van der Waals surface area (Å²) < 4.78 is 0. The van der Waals surface area contributed by atoms with Crippen LogP contribution in [0.4, 0.5) is 0 Å². The normalized spacial score (nSPS) is 19.8. The Hall–Kier alpha value is -1.26. The van der Waals surface area contributed by atoms with Crippen molar-refractivity contribution in [2.45, 2.75) is 18.1 Å². The predicted molar refractivity (Wildman–Crippen MR) is 72.9 cm³/mol. The van der Waals surface area contributed by atoms with Crippen LogP contribution >= 0.6 is 11.8 Å². The molecule has 1 aliphatic heterocycles. The van der Waals surface area contributed by atoms with Gasteiger partial charge in [0.05, 0.1) is 0 Å².